The van der Waals surface area contributed by atoms with Crippen molar-refractivity contribution in [3.63, 3.8) is 0 Å². The van der Waals surface area contributed by atoms with Crippen molar-refractivity contribution in [2.45, 2.75) is 11.8 Å². The van der Waals surface area contributed by atoms with E-state index in [1.54, 1.807) is 6.07 Å². The molecule has 0 saturated heterocycles. The summed E-state index contributed by atoms with van der Waals surface area (Å²) in [6.45, 7) is 1.28. The van der Waals surface area contributed by atoms with Crippen LogP contribution in [0.2, 0.25) is 5.02 Å². The van der Waals surface area contributed by atoms with Gasteiger partial charge in [-0.05, 0) is 30.3 Å². The van der Waals surface area contributed by atoms with Gasteiger partial charge in [-0.15, -0.1) is 11.8 Å². The summed E-state index contributed by atoms with van der Waals surface area (Å²) in [5.74, 6) is -1.04. The zero-order valence-corrected chi connectivity index (χ0v) is 13.8. The molecule has 0 fully saturated rings. The zero-order valence-electron chi connectivity index (χ0n) is 12.2. The summed E-state index contributed by atoms with van der Waals surface area (Å²) < 4.78 is 13.5. The normalized spacial score (nSPS) is 10.2. The fourth-order valence-corrected chi connectivity index (χ4v) is 2.83. The molecule has 4 nitrogen and oxygen atoms in total. The molecular weight excluding hydrogens is 339 g/mol. The highest BCUT2D eigenvalue weighted by atomic mass is 35.5. The summed E-state index contributed by atoms with van der Waals surface area (Å²) in [4.78, 5) is 23.8. The zero-order chi connectivity index (χ0) is 16.8. The molecule has 2 amide bonds. The maximum atomic E-state index is 13.5. The summed E-state index contributed by atoms with van der Waals surface area (Å²) in [7, 11) is 0. The molecule has 2 rings (SSSR count). The third kappa shape index (κ3) is 5.26. The number of anilines is 2. The number of carbonyl (C=O) groups excluding carboxylic acids is 2. The average molecular weight is 353 g/mol. The van der Waals surface area contributed by atoms with Gasteiger partial charge in [0, 0.05) is 17.5 Å². The quantitative estimate of drug-likeness (QED) is 0.794. The van der Waals surface area contributed by atoms with Crippen molar-refractivity contribution in [1.82, 2.24) is 0 Å². The molecule has 0 heterocycles. The van der Waals surface area contributed by atoms with E-state index in [-0.39, 0.29) is 23.3 Å². The van der Waals surface area contributed by atoms with Crippen molar-refractivity contribution in [3.05, 3.63) is 53.3 Å². The highest BCUT2D eigenvalue weighted by molar-refractivity contribution is 8.00. The molecule has 2 N–H and O–H groups in total. The number of hydrogen-bond donors (Lipinski definition) is 2. The largest absolute Gasteiger partial charge is 0.325 e. The fraction of sp³-hybridized carbons (Fsp3) is 0.125. The molecule has 0 aliphatic carbocycles. The molecule has 2 aromatic carbocycles. The topological polar surface area (TPSA) is 58.2 Å². The molecule has 0 radical (unpaired) electrons. The first-order valence-corrected chi connectivity index (χ1v) is 8.06. The first kappa shape index (κ1) is 17.3. The van der Waals surface area contributed by atoms with Crippen LogP contribution in [0.4, 0.5) is 15.8 Å². The van der Waals surface area contributed by atoms with Crippen LogP contribution in [0.25, 0.3) is 0 Å². The van der Waals surface area contributed by atoms with Crippen LogP contribution in [0.15, 0.2) is 47.4 Å². The van der Waals surface area contributed by atoms with E-state index in [2.05, 4.69) is 10.6 Å². The van der Waals surface area contributed by atoms with Gasteiger partial charge >= 0.3 is 0 Å². The highest BCUT2D eigenvalue weighted by Gasteiger charge is 2.09. The van der Waals surface area contributed by atoms with E-state index in [0.29, 0.717) is 10.7 Å². The minimum Gasteiger partial charge on any atom is -0.325 e. The van der Waals surface area contributed by atoms with E-state index in [0.717, 1.165) is 4.90 Å². The van der Waals surface area contributed by atoms with Crippen molar-refractivity contribution in [2.24, 2.45) is 0 Å². The van der Waals surface area contributed by atoms with E-state index in [1.807, 2.05) is 18.2 Å². The Labute approximate surface area is 142 Å². The third-order valence-electron chi connectivity index (χ3n) is 2.76. The second-order valence-electron chi connectivity index (χ2n) is 4.64. The van der Waals surface area contributed by atoms with Crippen molar-refractivity contribution < 1.29 is 14.0 Å². The Morgan fingerprint density at radius 3 is 2.61 bits per heavy atom. The number of benzene rings is 2. The van der Waals surface area contributed by atoms with Crippen LogP contribution in [-0.4, -0.2) is 17.6 Å². The summed E-state index contributed by atoms with van der Waals surface area (Å²) in [5.41, 5.74) is 0.425. The summed E-state index contributed by atoms with van der Waals surface area (Å²) in [5, 5.41) is 5.60. The van der Waals surface area contributed by atoms with Crippen LogP contribution in [0.5, 0.6) is 0 Å². The summed E-state index contributed by atoms with van der Waals surface area (Å²) in [6.07, 6.45) is 0. The van der Waals surface area contributed by atoms with Crippen molar-refractivity contribution >= 4 is 46.6 Å². The van der Waals surface area contributed by atoms with Crippen LogP contribution >= 0.6 is 23.4 Å². The van der Waals surface area contributed by atoms with Gasteiger partial charge in [-0.2, -0.15) is 0 Å². The lowest BCUT2D eigenvalue weighted by Gasteiger charge is -2.09. The van der Waals surface area contributed by atoms with Crippen molar-refractivity contribution in [2.75, 3.05) is 16.4 Å². The van der Waals surface area contributed by atoms with Gasteiger partial charge in [-0.1, -0.05) is 23.7 Å². The van der Waals surface area contributed by atoms with Crippen LogP contribution in [0.3, 0.4) is 0 Å². The lowest BCUT2D eigenvalue weighted by atomic mass is 10.2. The van der Waals surface area contributed by atoms with Crippen LogP contribution in [0, 0.1) is 5.82 Å². The maximum Gasteiger partial charge on any atom is 0.234 e. The van der Waals surface area contributed by atoms with Gasteiger partial charge in [0.15, 0.2) is 0 Å². The number of carbonyl (C=O) groups is 2. The van der Waals surface area contributed by atoms with E-state index >= 15 is 0 Å². The monoisotopic (exact) mass is 352 g/mol. The number of hydrogen-bond acceptors (Lipinski definition) is 3. The lowest BCUT2D eigenvalue weighted by molar-refractivity contribution is -0.114. The molecular formula is C16H14ClFN2O2S. The van der Waals surface area contributed by atoms with Gasteiger partial charge in [0.25, 0.3) is 0 Å². The van der Waals surface area contributed by atoms with Crippen molar-refractivity contribution in [1.29, 1.82) is 0 Å². The Kier molecular flexibility index (Phi) is 6.01. The number of halogens is 2. The molecule has 23 heavy (non-hydrogen) atoms. The molecule has 0 aliphatic rings. The average Bonchev–Trinajstić information content (AvgIpc) is 2.49. The minimum absolute atomic E-state index is 0.0223. The molecule has 0 aliphatic heterocycles. The Balaban J connectivity index is 1.97. The summed E-state index contributed by atoms with van der Waals surface area (Å²) >= 11 is 7.32. The van der Waals surface area contributed by atoms with E-state index in [1.165, 1.54) is 36.9 Å². The van der Waals surface area contributed by atoms with Crippen LogP contribution in [-0.2, 0) is 9.59 Å². The highest BCUT2D eigenvalue weighted by Crippen LogP contribution is 2.27. The standard InChI is InChI=1S/C16H14ClFN2O2S/c1-10(21)19-14-8-11(6-7-13(14)18)20-16(22)9-23-15-5-3-2-4-12(15)17/h2-8H,9H2,1H3,(H,19,21)(H,20,22). The van der Waals surface area contributed by atoms with E-state index in [9.17, 15) is 14.0 Å². The maximum absolute atomic E-state index is 13.5. The van der Waals surface area contributed by atoms with Gasteiger partial charge in [0.1, 0.15) is 5.82 Å². The van der Waals surface area contributed by atoms with Gasteiger partial charge in [0.05, 0.1) is 16.5 Å². The minimum atomic E-state index is -0.566. The van der Waals surface area contributed by atoms with Crippen LogP contribution < -0.4 is 10.6 Å². The number of nitrogens with one attached hydrogen (secondary N) is 2. The molecule has 7 heteroatoms. The molecule has 2 aromatic rings. The predicted molar refractivity (Wildman–Crippen MR) is 91.5 cm³/mol. The Hall–Kier alpha value is -2.05. The Bertz CT molecular complexity index is 740. The second kappa shape index (κ2) is 7.99. The van der Waals surface area contributed by atoms with Gasteiger partial charge in [-0.3, -0.25) is 9.59 Å². The van der Waals surface area contributed by atoms with Gasteiger partial charge in [-0.25, -0.2) is 4.39 Å². The fourth-order valence-electron chi connectivity index (χ4n) is 1.79. The molecule has 0 atom stereocenters. The van der Waals surface area contributed by atoms with E-state index in [4.69, 9.17) is 11.6 Å². The summed E-state index contributed by atoms with van der Waals surface area (Å²) in [6, 6.07) is 11.2. The molecule has 0 aromatic heterocycles. The van der Waals surface area contributed by atoms with Crippen LogP contribution in [0.1, 0.15) is 6.92 Å². The molecule has 120 valence electrons. The molecule has 0 saturated carbocycles. The molecule has 0 spiro atoms. The van der Waals surface area contributed by atoms with Crippen molar-refractivity contribution in [3.8, 4) is 0 Å². The first-order chi connectivity index (χ1) is 11.0. The SMILES string of the molecule is CC(=O)Nc1cc(NC(=O)CSc2ccccc2Cl)ccc1F. The lowest BCUT2D eigenvalue weighted by Crippen LogP contribution is -2.15. The number of amides is 2. The molecule has 0 unspecified atom stereocenters. The second-order valence-corrected chi connectivity index (χ2v) is 6.07. The Morgan fingerprint density at radius 1 is 1.17 bits per heavy atom. The first-order valence-electron chi connectivity index (χ1n) is 6.70. The number of rotatable bonds is 5. The third-order valence-corrected chi connectivity index (χ3v) is 4.27. The van der Waals surface area contributed by atoms with E-state index < -0.39 is 5.82 Å². The predicted octanol–water partition coefficient (Wildman–Crippen LogP) is 4.17. The Morgan fingerprint density at radius 2 is 1.91 bits per heavy atom. The van der Waals surface area contributed by atoms with Gasteiger partial charge < -0.3 is 10.6 Å². The number of thioether (sulfide) groups is 1. The van der Waals surface area contributed by atoms with Gasteiger partial charge in [0.2, 0.25) is 11.8 Å². The smallest absolute Gasteiger partial charge is 0.234 e. The molecule has 0 bridgehead atoms.